The SMILES string of the molecule is CCCCNc1ccnc(CC(C)C)n1. The fourth-order valence-electron chi connectivity index (χ4n) is 1.35. The zero-order chi connectivity index (χ0) is 11.1. The number of hydrogen-bond acceptors (Lipinski definition) is 3. The first-order valence-corrected chi connectivity index (χ1v) is 5.78. The molecule has 0 aliphatic carbocycles. The van der Waals surface area contributed by atoms with Gasteiger partial charge in [0.1, 0.15) is 11.6 Å². The molecule has 0 aliphatic rings. The number of nitrogens with one attached hydrogen (secondary N) is 1. The van der Waals surface area contributed by atoms with E-state index in [0.717, 1.165) is 24.6 Å². The van der Waals surface area contributed by atoms with Gasteiger partial charge in [-0.1, -0.05) is 27.2 Å². The van der Waals surface area contributed by atoms with Gasteiger partial charge in [-0.05, 0) is 18.4 Å². The van der Waals surface area contributed by atoms with Gasteiger partial charge in [-0.2, -0.15) is 0 Å². The maximum Gasteiger partial charge on any atom is 0.130 e. The number of unbranched alkanes of at least 4 members (excludes halogenated alkanes) is 1. The normalized spacial score (nSPS) is 10.7. The first-order chi connectivity index (χ1) is 7.22. The van der Waals surface area contributed by atoms with E-state index >= 15 is 0 Å². The smallest absolute Gasteiger partial charge is 0.130 e. The molecule has 1 rings (SSSR count). The van der Waals surface area contributed by atoms with Gasteiger partial charge in [0.05, 0.1) is 0 Å². The Bertz CT molecular complexity index is 284. The van der Waals surface area contributed by atoms with Crippen LogP contribution in [0.1, 0.15) is 39.4 Å². The van der Waals surface area contributed by atoms with E-state index in [2.05, 4.69) is 36.1 Å². The predicted octanol–water partition coefficient (Wildman–Crippen LogP) is 2.89. The van der Waals surface area contributed by atoms with E-state index in [-0.39, 0.29) is 0 Å². The molecule has 0 saturated carbocycles. The molecule has 0 aromatic carbocycles. The molecular weight excluding hydrogens is 186 g/mol. The molecule has 0 fully saturated rings. The van der Waals surface area contributed by atoms with Gasteiger partial charge in [-0.15, -0.1) is 0 Å². The van der Waals surface area contributed by atoms with Gasteiger partial charge in [0.2, 0.25) is 0 Å². The molecule has 0 unspecified atom stereocenters. The van der Waals surface area contributed by atoms with Crippen molar-refractivity contribution >= 4 is 5.82 Å². The maximum atomic E-state index is 4.46. The van der Waals surface area contributed by atoms with Crippen LogP contribution >= 0.6 is 0 Å². The van der Waals surface area contributed by atoms with Gasteiger partial charge in [0.15, 0.2) is 0 Å². The van der Waals surface area contributed by atoms with Crippen LogP contribution in [0.5, 0.6) is 0 Å². The summed E-state index contributed by atoms with van der Waals surface area (Å²) < 4.78 is 0. The van der Waals surface area contributed by atoms with Crippen molar-refractivity contribution < 1.29 is 0 Å². The second-order valence-electron chi connectivity index (χ2n) is 4.24. The second-order valence-corrected chi connectivity index (χ2v) is 4.24. The standard InChI is InChI=1S/C12H21N3/c1-4-5-7-13-11-6-8-14-12(15-11)9-10(2)3/h6,8,10H,4-5,7,9H2,1-3H3,(H,13,14,15). The zero-order valence-electron chi connectivity index (χ0n) is 9.95. The Morgan fingerprint density at radius 2 is 2.20 bits per heavy atom. The molecule has 0 aliphatic heterocycles. The molecule has 0 amide bonds. The van der Waals surface area contributed by atoms with Gasteiger partial charge >= 0.3 is 0 Å². The summed E-state index contributed by atoms with van der Waals surface area (Å²) in [5.41, 5.74) is 0. The lowest BCUT2D eigenvalue weighted by atomic mass is 10.1. The average Bonchev–Trinajstić information content (AvgIpc) is 2.18. The molecule has 15 heavy (non-hydrogen) atoms. The zero-order valence-corrected chi connectivity index (χ0v) is 9.95. The average molecular weight is 207 g/mol. The molecule has 0 saturated heterocycles. The van der Waals surface area contributed by atoms with E-state index in [9.17, 15) is 0 Å². The quantitative estimate of drug-likeness (QED) is 0.729. The van der Waals surface area contributed by atoms with Crippen LogP contribution in [0.4, 0.5) is 5.82 Å². The molecule has 3 nitrogen and oxygen atoms in total. The highest BCUT2D eigenvalue weighted by Crippen LogP contribution is 2.06. The van der Waals surface area contributed by atoms with Gasteiger partial charge in [-0.25, -0.2) is 9.97 Å². The summed E-state index contributed by atoms with van der Waals surface area (Å²) >= 11 is 0. The largest absolute Gasteiger partial charge is 0.370 e. The summed E-state index contributed by atoms with van der Waals surface area (Å²) in [6, 6.07) is 1.93. The Morgan fingerprint density at radius 1 is 1.40 bits per heavy atom. The summed E-state index contributed by atoms with van der Waals surface area (Å²) in [6.45, 7) is 7.54. The van der Waals surface area contributed by atoms with Crippen molar-refractivity contribution in [3.63, 3.8) is 0 Å². The third-order valence-electron chi connectivity index (χ3n) is 2.13. The van der Waals surface area contributed by atoms with E-state index in [1.807, 2.05) is 12.3 Å². The number of anilines is 1. The lowest BCUT2D eigenvalue weighted by Crippen LogP contribution is -2.06. The summed E-state index contributed by atoms with van der Waals surface area (Å²) in [5, 5.41) is 3.31. The van der Waals surface area contributed by atoms with Crippen molar-refractivity contribution in [2.45, 2.75) is 40.0 Å². The van der Waals surface area contributed by atoms with E-state index < -0.39 is 0 Å². The highest BCUT2D eigenvalue weighted by molar-refractivity contribution is 5.32. The monoisotopic (exact) mass is 207 g/mol. The van der Waals surface area contributed by atoms with Crippen LogP contribution in [-0.4, -0.2) is 16.5 Å². The predicted molar refractivity (Wildman–Crippen MR) is 64.0 cm³/mol. The Balaban J connectivity index is 2.50. The molecule has 0 bridgehead atoms. The Kier molecular flexibility index (Phi) is 5.08. The number of aromatic nitrogens is 2. The molecule has 1 N–H and O–H groups in total. The van der Waals surface area contributed by atoms with Crippen molar-refractivity contribution in [3.05, 3.63) is 18.1 Å². The second kappa shape index (κ2) is 6.38. The third kappa shape index (κ3) is 4.77. The van der Waals surface area contributed by atoms with E-state index in [1.165, 1.54) is 12.8 Å². The molecule has 0 radical (unpaired) electrons. The van der Waals surface area contributed by atoms with Crippen LogP contribution in [0.3, 0.4) is 0 Å². The molecule has 0 atom stereocenters. The topological polar surface area (TPSA) is 37.8 Å². The highest BCUT2D eigenvalue weighted by atomic mass is 15.0. The lowest BCUT2D eigenvalue weighted by molar-refractivity contribution is 0.621. The molecule has 3 heteroatoms. The summed E-state index contributed by atoms with van der Waals surface area (Å²) in [7, 11) is 0. The summed E-state index contributed by atoms with van der Waals surface area (Å²) in [4.78, 5) is 8.72. The highest BCUT2D eigenvalue weighted by Gasteiger charge is 2.01. The first-order valence-electron chi connectivity index (χ1n) is 5.78. The van der Waals surface area contributed by atoms with Crippen molar-refractivity contribution in [3.8, 4) is 0 Å². The van der Waals surface area contributed by atoms with Crippen LogP contribution in [0.2, 0.25) is 0 Å². The number of nitrogens with zero attached hydrogens (tertiary/aromatic N) is 2. The molecular formula is C12H21N3. The maximum absolute atomic E-state index is 4.46. The third-order valence-corrected chi connectivity index (χ3v) is 2.13. The van der Waals surface area contributed by atoms with Crippen molar-refractivity contribution in [1.82, 2.24) is 9.97 Å². The van der Waals surface area contributed by atoms with Crippen LogP contribution in [0.25, 0.3) is 0 Å². The van der Waals surface area contributed by atoms with Crippen LogP contribution in [0.15, 0.2) is 12.3 Å². The minimum absolute atomic E-state index is 0.607. The fourth-order valence-corrected chi connectivity index (χ4v) is 1.35. The van der Waals surface area contributed by atoms with E-state index in [4.69, 9.17) is 0 Å². The minimum Gasteiger partial charge on any atom is -0.370 e. The summed E-state index contributed by atoms with van der Waals surface area (Å²) in [5.74, 6) is 2.50. The Hall–Kier alpha value is -1.12. The van der Waals surface area contributed by atoms with Crippen molar-refractivity contribution in [1.29, 1.82) is 0 Å². The Labute approximate surface area is 92.3 Å². The number of rotatable bonds is 6. The van der Waals surface area contributed by atoms with Gasteiger partial charge < -0.3 is 5.32 Å². The minimum atomic E-state index is 0.607. The van der Waals surface area contributed by atoms with Gasteiger partial charge in [0, 0.05) is 19.2 Å². The molecule has 1 aromatic rings. The lowest BCUT2D eigenvalue weighted by Gasteiger charge is -2.07. The van der Waals surface area contributed by atoms with E-state index in [1.54, 1.807) is 0 Å². The van der Waals surface area contributed by atoms with Crippen LogP contribution in [0, 0.1) is 5.92 Å². The molecule has 0 spiro atoms. The molecule has 1 aromatic heterocycles. The first kappa shape index (κ1) is 12.0. The van der Waals surface area contributed by atoms with Crippen molar-refractivity contribution in [2.24, 2.45) is 5.92 Å². The fraction of sp³-hybridized carbons (Fsp3) is 0.667. The molecule has 1 heterocycles. The Morgan fingerprint density at radius 3 is 2.87 bits per heavy atom. The summed E-state index contributed by atoms with van der Waals surface area (Å²) in [6.07, 6.45) is 5.17. The molecule has 84 valence electrons. The van der Waals surface area contributed by atoms with Gasteiger partial charge in [0.25, 0.3) is 0 Å². The van der Waals surface area contributed by atoms with Gasteiger partial charge in [-0.3, -0.25) is 0 Å². The van der Waals surface area contributed by atoms with Crippen LogP contribution < -0.4 is 5.32 Å². The van der Waals surface area contributed by atoms with Crippen LogP contribution in [-0.2, 0) is 6.42 Å². The van der Waals surface area contributed by atoms with E-state index in [0.29, 0.717) is 5.92 Å². The number of hydrogen-bond donors (Lipinski definition) is 1. The van der Waals surface area contributed by atoms with Crippen molar-refractivity contribution in [2.75, 3.05) is 11.9 Å².